The van der Waals surface area contributed by atoms with Crippen LogP contribution in [0.15, 0.2) is 24.3 Å². The lowest BCUT2D eigenvalue weighted by Crippen LogP contribution is -2.20. The number of benzene rings is 1. The normalized spacial score (nSPS) is 9.56. The van der Waals surface area contributed by atoms with Gasteiger partial charge in [-0.25, -0.2) is 4.79 Å². The summed E-state index contributed by atoms with van der Waals surface area (Å²) in [6.07, 6.45) is 0.164. The second kappa shape index (κ2) is 5.75. The molecule has 0 atom stereocenters. The molecule has 0 spiro atoms. The Labute approximate surface area is 93.6 Å². The van der Waals surface area contributed by atoms with Gasteiger partial charge in [0.15, 0.2) is 0 Å². The molecule has 5 heteroatoms. The lowest BCUT2D eigenvalue weighted by molar-refractivity contribution is -0.121. The van der Waals surface area contributed by atoms with Crippen molar-refractivity contribution in [3.8, 4) is 0 Å². The number of hydrogen-bond donors (Lipinski definition) is 2. The Morgan fingerprint density at radius 2 is 1.94 bits per heavy atom. The molecule has 0 aliphatic carbocycles. The van der Waals surface area contributed by atoms with E-state index in [-0.39, 0.29) is 18.9 Å². The van der Waals surface area contributed by atoms with Crippen molar-refractivity contribution in [3.05, 3.63) is 29.8 Å². The lowest BCUT2D eigenvalue weighted by atomic mass is 10.2. The predicted molar refractivity (Wildman–Crippen MR) is 59.8 cm³/mol. The van der Waals surface area contributed by atoms with E-state index in [1.807, 2.05) is 0 Å². The summed E-state index contributed by atoms with van der Waals surface area (Å²) in [6.45, 7) is 0.0723. The van der Waals surface area contributed by atoms with E-state index in [1.54, 1.807) is 24.3 Å². The highest BCUT2D eigenvalue weighted by Crippen LogP contribution is 2.06. The maximum Gasteiger partial charge on any atom is 0.338 e. The van der Waals surface area contributed by atoms with Crippen molar-refractivity contribution in [2.24, 2.45) is 0 Å². The average Bonchev–Trinajstić information content (AvgIpc) is 2.29. The number of nitrogens with two attached hydrogens (primary N) is 1. The predicted octanol–water partition coefficient (Wildman–Crippen LogP) is 0.562. The minimum atomic E-state index is -0.455. The number of esters is 1. The Balaban J connectivity index is 2.41. The van der Waals surface area contributed by atoms with Gasteiger partial charge in [-0.05, 0) is 24.3 Å². The van der Waals surface area contributed by atoms with Crippen molar-refractivity contribution in [2.45, 2.75) is 6.42 Å². The fourth-order valence-electron chi connectivity index (χ4n) is 1.06. The van der Waals surface area contributed by atoms with E-state index in [9.17, 15) is 9.59 Å². The maximum atomic E-state index is 11.4. The Hall–Kier alpha value is -2.04. The van der Waals surface area contributed by atoms with Crippen LogP contribution < -0.4 is 11.1 Å². The molecular weight excluding hydrogens is 208 g/mol. The molecule has 1 rings (SSSR count). The third kappa shape index (κ3) is 3.61. The van der Waals surface area contributed by atoms with E-state index in [1.165, 1.54) is 7.05 Å². The molecular formula is C11H14N2O3. The summed E-state index contributed by atoms with van der Waals surface area (Å²) < 4.78 is 4.90. The second-order valence-corrected chi connectivity index (χ2v) is 3.18. The van der Waals surface area contributed by atoms with Gasteiger partial charge < -0.3 is 15.8 Å². The molecule has 16 heavy (non-hydrogen) atoms. The molecule has 0 radical (unpaired) electrons. The van der Waals surface area contributed by atoms with E-state index in [2.05, 4.69) is 5.32 Å². The van der Waals surface area contributed by atoms with Gasteiger partial charge in [-0.1, -0.05) is 0 Å². The highest BCUT2D eigenvalue weighted by Gasteiger charge is 2.07. The van der Waals surface area contributed by atoms with Crippen LogP contribution in [0.1, 0.15) is 16.8 Å². The number of carbonyl (C=O) groups excluding carboxylic acids is 2. The van der Waals surface area contributed by atoms with Crippen molar-refractivity contribution >= 4 is 17.6 Å². The zero-order valence-electron chi connectivity index (χ0n) is 9.03. The SMILES string of the molecule is CNC(=O)CCOC(=O)c1ccc(N)cc1. The van der Waals surface area contributed by atoms with Crippen LogP contribution in [0.4, 0.5) is 5.69 Å². The third-order valence-electron chi connectivity index (χ3n) is 1.99. The molecule has 0 saturated heterocycles. The van der Waals surface area contributed by atoms with Crippen LogP contribution in [0.25, 0.3) is 0 Å². The van der Waals surface area contributed by atoms with Crippen LogP contribution in [0.2, 0.25) is 0 Å². The lowest BCUT2D eigenvalue weighted by Gasteiger charge is -2.04. The number of rotatable bonds is 4. The van der Waals surface area contributed by atoms with Gasteiger partial charge in [0.2, 0.25) is 5.91 Å². The number of carbonyl (C=O) groups is 2. The molecule has 1 aromatic carbocycles. The van der Waals surface area contributed by atoms with E-state index < -0.39 is 5.97 Å². The van der Waals surface area contributed by atoms with Crippen molar-refractivity contribution in [3.63, 3.8) is 0 Å². The molecule has 3 N–H and O–H groups in total. The van der Waals surface area contributed by atoms with Crippen LogP contribution in [0, 0.1) is 0 Å². The number of ether oxygens (including phenoxy) is 1. The van der Waals surface area contributed by atoms with Crippen LogP contribution in [0.5, 0.6) is 0 Å². The zero-order valence-corrected chi connectivity index (χ0v) is 9.03. The first-order valence-electron chi connectivity index (χ1n) is 4.86. The van der Waals surface area contributed by atoms with Crippen molar-refractivity contribution in [2.75, 3.05) is 19.4 Å². The largest absolute Gasteiger partial charge is 0.462 e. The molecule has 86 valence electrons. The Morgan fingerprint density at radius 1 is 1.31 bits per heavy atom. The van der Waals surface area contributed by atoms with E-state index in [0.717, 1.165) is 0 Å². The first kappa shape index (κ1) is 12.0. The minimum absolute atomic E-state index is 0.0723. The fourth-order valence-corrected chi connectivity index (χ4v) is 1.06. The first-order valence-corrected chi connectivity index (χ1v) is 4.86. The van der Waals surface area contributed by atoms with Gasteiger partial charge >= 0.3 is 5.97 Å². The summed E-state index contributed by atoms with van der Waals surface area (Å²) in [4.78, 5) is 22.3. The van der Waals surface area contributed by atoms with Gasteiger partial charge in [0.25, 0.3) is 0 Å². The van der Waals surface area contributed by atoms with Crippen LogP contribution in [-0.4, -0.2) is 25.5 Å². The van der Waals surface area contributed by atoms with Gasteiger partial charge in [0.05, 0.1) is 12.0 Å². The summed E-state index contributed by atoms with van der Waals surface area (Å²) in [6, 6.07) is 6.40. The molecule has 0 heterocycles. The third-order valence-corrected chi connectivity index (χ3v) is 1.99. The summed E-state index contributed by atoms with van der Waals surface area (Å²) in [5.41, 5.74) is 6.49. The Bertz CT molecular complexity index is 373. The number of anilines is 1. The summed E-state index contributed by atoms with van der Waals surface area (Å²) >= 11 is 0. The van der Waals surface area contributed by atoms with Crippen molar-refractivity contribution < 1.29 is 14.3 Å². The van der Waals surface area contributed by atoms with Gasteiger partial charge in [0.1, 0.15) is 6.61 Å². The topological polar surface area (TPSA) is 81.4 Å². The molecule has 0 fully saturated rings. The minimum Gasteiger partial charge on any atom is -0.462 e. The molecule has 5 nitrogen and oxygen atoms in total. The molecule has 0 aliphatic heterocycles. The van der Waals surface area contributed by atoms with E-state index >= 15 is 0 Å². The molecule has 1 amide bonds. The number of nitrogen functional groups attached to an aromatic ring is 1. The maximum absolute atomic E-state index is 11.4. The summed E-state index contributed by atoms with van der Waals surface area (Å²) in [5.74, 6) is -0.617. The zero-order chi connectivity index (χ0) is 12.0. The van der Waals surface area contributed by atoms with Crippen LogP contribution in [0.3, 0.4) is 0 Å². The molecule has 0 unspecified atom stereocenters. The summed E-state index contributed by atoms with van der Waals surface area (Å²) in [7, 11) is 1.53. The van der Waals surface area contributed by atoms with Crippen molar-refractivity contribution in [1.29, 1.82) is 0 Å². The molecule has 0 saturated carbocycles. The molecule has 1 aromatic rings. The smallest absolute Gasteiger partial charge is 0.338 e. The Morgan fingerprint density at radius 3 is 2.50 bits per heavy atom. The average molecular weight is 222 g/mol. The quantitative estimate of drug-likeness (QED) is 0.576. The summed E-state index contributed by atoms with van der Waals surface area (Å²) in [5, 5.41) is 2.44. The van der Waals surface area contributed by atoms with Gasteiger partial charge in [-0.15, -0.1) is 0 Å². The van der Waals surface area contributed by atoms with E-state index in [4.69, 9.17) is 10.5 Å². The fraction of sp³-hybridized carbons (Fsp3) is 0.273. The van der Waals surface area contributed by atoms with Crippen LogP contribution in [-0.2, 0) is 9.53 Å². The monoisotopic (exact) mass is 222 g/mol. The number of hydrogen-bond acceptors (Lipinski definition) is 4. The van der Waals surface area contributed by atoms with E-state index in [0.29, 0.717) is 11.3 Å². The molecule has 0 bridgehead atoms. The van der Waals surface area contributed by atoms with Crippen LogP contribution >= 0.6 is 0 Å². The van der Waals surface area contributed by atoms with Gasteiger partial charge in [-0.2, -0.15) is 0 Å². The molecule has 0 aromatic heterocycles. The second-order valence-electron chi connectivity index (χ2n) is 3.18. The van der Waals surface area contributed by atoms with Gasteiger partial charge in [-0.3, -0.25) is 4.79 Å². The Kier molecular flexibility index (Phi) is 4.32. The number of amides is 1. The number of nitrogens with one attached hydrogen (secondary N) is 1. The highest BCUT2D eigenvalue weighted by molar-refractivity contribution is 5.89. The van der Waals surface area contributed by atoms with Crippen molar-refractivity contribution in [1.82, 2.24) is 5.32 Å². The first-order chi connectivity index (χ1) is 7.63. The van der Waals surface area contributed by atoms with Gasteiger partial charge in [0, 0.05) is 12.7 Å². The molecule has 0 aliphatic rings. The highest BCUT2D eigenvalue weighted by atomic mass is 16.5. The standard InChI is InChI=1S/C11H14N2O3/c1-13-10(14)6-7-16-11(15)8-2-4-9(12)5-3-8/h2-5H,6-7,12H2,1H3,(H,13,14).